The van der Waals surface area contributed by atoms with Gasteiger partial charge in [0, 0.05) is 11.9 Å². The number of esters is 1. The first-order valence-corrected chi connectivity index (χ1v) is 12.6. The van der Waals surface area contributed by atoms with Gasteiger partial charge in [-0.2, -0.15) is 0 Å². The largest absolute Gasteiger partial charge is 0.465 e. The first kappa shape index (κ1) is 23.7. The summed E-state index contributed by atoms with van der Waals surface area (Å²) in [5.74, 6) is -1.65. The second kappa shape index (κ2) is 10.1. The molecule has 8 nitrogen and oxygen atoms in total. The van der Waals surface area contributed by atoms with Gasteiger partial charge in [-0.1, -0.05) is 11.8 Å². The zero-order valence-electron chi connectivity index (χ0n) is 16.9. The number of rotatable bonds is 8. The van der Waals surface area contributed by atoms with E-state index in [4.69, 9.17) is 4.74 Å². The lowest BCUT2D eigenvalue weighted by Crippen LogP contribution is -2.23. The van der Waals surface area contributed by atoms with Gasteiger partial charge < -0.3 is 10.1 Å². The van der Waals surface area contributed by atoms with E-state index in [1.807, 2.05) is 6.26 Å². The molecular formula is C20H18FN3O5S3. The van der Waals surface area contributed by atoms with Crippen molar-refractivity contribution in [3.63, 3.8) is 0 Å². The number of methoxy groups -OCH3 is 1. The Morgan fingerprint density at radius 1 is 1.19 bits per heavy atom. The average molecular weight is 496 g/mol. The van der Waals surface area contributed by atoms with E-state index in [2.05, 4.69) is 15.0 Å². The van der Waals surface area contributed by atoms with Crippen molar-refractivity contribution in [1.82, 2.24) is 10.3 Å². The normalized spacial score (nSPS) is 11.1. The van der Waals surface area contributed by atoms with Gasteiger partial charge in [-0.05, 0) is 54.3 Å². The average Bonchev–Trinajstić information content (AvgIpc) is 3.26. The number of halogens is 1. The maximum Gasteiger partial charge on any atom is 0.337 e. The second-order valence-corrected chi connectivity index (χ2v) is 9.95. The van der Waals surface area contributed by atoms with Crippen LogP contribution in [0.15, 0.2) is 57.1 Å². The molecule has 2 N–H and O–H groups in total. The fourth-order valence-corrected chi connectivity index (χ4v) is 4.93. The zero-order chi connectivity index (χ0) is 23.3. The van der Waals surface area contributed by atoms with E-state index < -0.39 is 27.7 Å². The van der Waals surface area contributed by atoms with Gasteiger partial charge in [0.1, 0.15) is 15.9 Å². The fraction of sp³-hybridized carbons (Fsp3) is 0.150. The van der Waals surface area contributed by atoms with Gasteiger partial charge in [0.2, 0.25) is 0 Å². The summed E-state index contributed by atoms with van der Waals surface area (Å²) in [7, 11) is -2.84. The topological polar surface area (TPSA) is 114 Å². The van der Waals surface area contributed by atoms with E-state index in [0.29, 0.717) is 5.56 Å². The van der Waals surface area contributed by atoms with Crippen molar-refractivity contribution in [1.29, 1.82) is 0 Å². The minimum Gasteiger partial charge on any atom is -0.465 e. The van der Waals surface area contributed by atoms with Gasteiger partial charge in [-0.3, -0.25) is 9.52 Å². The van der Waals surface area contributed by atoms with Crippen LogP contribution in [0.25, 0.3) is 0 Å². The van der Waals surface area contributed by atoms with Crippen molar-refractivity contribution in [2.75, 3.05) is 18.1 Å². The van der Waals surface area contributed by atoms with Crippen LogP contribution in [-0.2, 0) is 21.3 Å². The molecule has 0 saturated heterocycles. The van der Waals surface area contributed by atoms with Gasteiger partial charge in [0.15, 0.2) is 0 Å². The van der Waals surface area contributed by atoms with Crippen LogP contribution < -0.4 is 10.0 Å². The Balaban J connectivity index is 1.83. The second-order valence-electron chi connectivity index (χ2n) is 6.36. The Labute approximate surface area is 192 Å². The number of thioether (sulfide) groups is 1. The summed E-state index contributed by atoms with van der Waals surface area (Å²) in [6, 6.07) is 8.57. The molecule has 0 radical (unpaired) electrons. The van der Waals surface area contributed by atoms with Gasteiger partial charge in [-0.15, -0.1) is 11.3 Å². The molecule has 0 atom stereocenters. The number of benzene rings is 2. The summed E-state index contributed by atoms with van der Waals surface area (Å²) in [5, 5.41) is 4.32. The highest BCUT2D eigenvalue weighted by Crippen LogP contribution is 2.22. The molecule has 1 heterocycles. The number of aromatic nitrogens is 1. The summed E-state index contributed by atoms with van der Waals surface area (Å²) in [6.45, 7) is 0.0150. The molecule has 1 aromatic heterocycles. The Bertz CT molecular complexity index is 1240. The highest BCUT2D eigenvalue weighted by Gasteiger charge is 2.17. The minimum absolute atomic E-state index is 0.0150. The summed E-state index contributed by atoms with van der Waals surface area (Å²) >= 11 is 2.77. The van der Waals surface area contributed by atoms with Crippen LogP contribution in [-0.4, -0.2) is 38.6 Å². The van der Waals surface area contributed by atoms with Crippen LogP contribution in [0.5, 0.6) is 0 Å². The van der Waals surface area contributed by atoms with Crippen molar-refractivity contribution in [2.24, 2.45) is 0 Å². The number of carbonyl (C=O) groups is 2. The molecule has 0 aliphatic rings. The Morgan fingerprint density at radius 3 is 2.53 bits per heavy atom. The molecule has 168 valence electrons. The van der Waals surface area contributed by atoms with E-state index >= 15 is 0 Å². The maximum absolute atomic E-state index is 13.1. The number of thiazole rings is 1. The Hall–Kier alpha value is -2.96. The van der Waals surface area contributed by atoms with Gasteiger partial charge >= 0.3 is 5.97 Å². The molecule has 0 fully saturated rings. The third kappa shape index (κ3) is 5.84. The maximum atomic E-state index is 13.1. The van der Waals surface area contributed by atoms with E-state index in [9.17, 15) is 22.4 Å². The van der Waals surface area contributed by atoms with Gasteiger partial charge in [0.05, 0.1) is 23.3 Å². The number of amides is 1. The van der Waals surface area contributed by atoms with E-state index in [1.54, 1.807) is 5.38 Å². The number of nitrogens with one attached hydrogen (secondary N) is 2. The third-order valence-electron chi connectivity index (χ3n) is 4.13. The number of ether oxygens (including phenoxy) is 1. The first-order valence-electron chi connectivity index (χ1n) is 9.00. The molecule has 0 saturated carbocycles. The number of hydrogen-bond donors (Lipinski definition) is 2. The molecule has 0 aliphatic heterocycles. The zero-order valence-corrected chi connectivity index (χ0v) is 19.4. The van der Waals surface area contributed by atoms with Crippen LogP contribution in [0.2, 0.25) is 0 Å². The molecule has 3 aromatic rings. The SMILES string of the molecule is COC(=O)c1cc(CNC(=O)c2csc(SC)n2)cc(NS(=O)(=O)c2ccc(F)cc2)c1. The standard InChI is InChI=1S/C20H18FN3O5S3/c1-29-19(26)13-7-12(10-22-18(25)17-11-31-20(23-17)30-2)8-15(9-13)24-32(27,28)16-5-3-14(21)4-6-16/h3-9,11,24H,10H2,1-2H3,(H,22,25). The first-order chi connectivity index (χ1) is 15.2. The van der Waals surface area contributed by atoms with Crippen molar-refractivity contribution in [3.8, 4) is 0 Å². The van der Waals surface area contributed by atoms with Crippen molar-refractivity contribution >= 4 is 50.7 Å². The molecule has 0 spiro atoms. The van der Waals surface area contributed by atoms with Gasteiger partial charge in [0.25, 0.3) is 15.9 Å². The molecular weight excluding hydrogens is 477 g/mol. The molecule has 0 aliphatic carbocycles. The molecule has 32 heavy (non-hydrogen) atoms. The third-order valence-corrected chi connectivity index (χ3v) is 7.39. The minimum atomic E-state index is -4.04. The van der Waals surface area contributed by atoms with Crippen LogP contribution in [0, 0.1) is 5.82 Å². The molecule has 1 amide bonds. The molecule has 0 unspecified atom stereocenters. The van der Waals surface area contributed by atoms with Crippen LogP contribution in [0.3, 0.4) is 0 Å². The number of anilines is 1. The van der Waals surface area contributed by atoms with E-state index in [-0.39, 0.29) is 28.4 Å². The molecule has 0 bridgehead atoms. The lowest BCUT2D eigenvalue weighted by Gasteiger charge is -2.12. The molecule has 12 heteroatoms. The van der Waals surface area contributed by atoms with Crippen molar-refractivity contribution in [2.45, 2.75) is 15.8 Å². The number of carbonyl (C=O) groups excluding carboxylic acids is 2. The predicted octanol–water partition coefficient (Wildman–Crippen LogP) is 3.52. The highest BCUT2D eigenvalue weighted by molar-refractivity contribution is 8.00. The van der Waals surface area contributed by atoms with Gasteiger partial charge in [-0.25, -0.2) is 22.6 Å². The summed E-state index contributed by atoms with van der Waals surface area (Å²) in [5.41, 5.74) is 0.897. The number of nitrogens with zero attached hydrogens (tertiary/aromatic N) is 1. The monoisotopic (exact) mass is 495 g/mol. The predicted molar refractivity (Wildman–Crippen MR) is 120 cm³/mol. The van der Waals surface area contributed by atoms with E-state index in [0.717, 1.165) is 28.6 Å². The van der Waals surface area contributed by atoms with Crippen LogP contribution >= 0.6 is 23.1 Å². The highest BCUT2D eigenvalue weighted by atomic mass is 32.2. The van der Waals surface area contributed by atoms with Crippen molar-refractivity contribution < 1.29 is 27.1 Å². The lowest BCUT2D eigenvalue weighted by atomic mass is 10.1. The Kier molecular flexibility index (Phi) is 7.48. The molecule has 2 aromatic carbocycles. The summed E-state index contributed by atoms with van der Waals surface area (Å²) in [4.78, 5) is 28.4. The number of hydrogen-bond acceptors (Lipinski definition) is 8. The van der Waals surface area contributed by atoms with E-state index in [1.165, 1.54) is 48.4 Å². The quantitative estimate of drug-likeness (QED) is 0.363. The lowest BCUT2D eigenvalue weighted by molar-refractivity contribution is 0.0600. The van der Waals surface area contributed by atoms with Crippen molar-refractivity contribution in [3.05, 3.63) is 70.5 Å². The fourth-order valence-electron chi connectivity index (χ4n) is 2.64. The summed E-state index contributed by atoms with van der Waals surface area (Å²) < 4.78 is 46.2. The smallest absolute Gasteiger partial charge is 0.337 e. The summed E-state index contributed by atoms with van der Waals surface area (Å²) in [6.07, 6.45) is 1.85. The Morgan fingerprint density at radius 2 is 1.91 bits per heavy atom. The van der Waals surface area contributed by atoms with Crippen LogP contribution in [0.4, 0.5) is 10.1 Å². The number of sulfonamides is 1. The van der Waals surface area contributed by atoms with Crippen LogP contribution in [0.1, 0.15) is 26.4 Å². The molecule has 3 rings (SSSR count).